The van der Waals surface area contributed by atoms with Crippen LogP contribution in [0.25, 0.3) is 10.9 Å². The van der Waals surface area contributed by atoms with Crippen LogP contribution in [0.5, 0.6) is 5.75 Å². The third kappa shape index (κ3) is 5.20. The first-order valence-corrected chi connectivity index (χ1v) is 11.2. The standard InChI is InChI=1S/C21H17Br2N5O4/c1-2-3-4-19-26-17-6-5-14(22)10-16(17)21(29)27(19)25-12-13-9-15(23)11-18(28(30)31)20(13)32-8-7-24/h5-6,9-12H,2-4,8H2,1H3. The SMILES string of the molecule is CCCCc1nc2ccc(Br)cc2c(=O)n1N=Cc1cc(Br)cc([N+](=O)[O-])c1OCC#N. The number of unbranched alkanes of at least 4 members (excludes halogenated alkanes) is 1. The Morgan fingerprint density at radius 2 is 2.09 bits per heavy atom. The highest BCUT2D eigenvalue weighted by Crippen LogP contribution is 2.34. The fourth-order valence-corrected chi connectivity index (χ4v) is 3.85. The largest absolute Gasteiger partial charge is 0.471 e. The maximum absolute atomic E-state index is 13.2. The summed E-state index contributed by atoms with van der Waals surface area (Å²) < 4.78 is 7.67. The Hall–Kier alpha value is -3.10. The minimum absolute atomic E-state index is 0.108. The molecule has 3 aromatic rings. The Bertz CT molecular complexity index is 1310. The second-order valence-corrected chi connectivity index (χ2v) is 8.53. The number of aryl methyl sites for hydroxylation is 1. The molecule has 0 unspecified atom stereocenters. The van der Waals surface area contributed by atoms with Crippen molar-refractivity contribution in [2.75, 3.05) is 6.61 Å². The van der Waals surface area contributed by atoms with Crippen molar-refractivity contribution in [3.8, 4) is 11.8 Å². The van der Waals surface area contributed by atoms with Gasteiger partial charge in [0.25, 0.3) is 5.56 Å². The van der Waals surface area contributed by atoms with E-state index in [4.69, 9.17) is 10.00 Å². The minimum Gasteiger partial charge on any atom is -0.471 e. The Morgan fingerprint density at radius 1 is 1.31 bits per heavy atom. The van der Waals surface area contributed by atoms with Gasteiger partial charge in [0.15, 0.2) is 6.61 Å². The zero-order valence-electron chi connectivity index (χ0n) is 16.9. The minimum atomic E-state index is -0.608. The first kappa shape index (κ1) is 23.6. The molecule has 0 saturated carbocycles. The molecule has 0 fully saturated rings. The van der Waals surface area contributed by atoms with Crippen molar-refractivity contribution < 1.29 is 9.66 Å². The van der Waals surface area contributed by atoms with Crippen LogP contribution in [0.1, 0.15) is 31.2 Å². The van der Waals surface area contributed by atoms with E-state index in [1.807, 2.05) is 13.0 Å². The van der Waals surface area contributed by atoms with Gasteiger partial charge in [0.05, 0.1) is 22.0 Å². The molecule has 164 valence electrons. The normalized spacial score (nSPS) is 11.1. The van der Waals surface area contributed by atoms with Gasteiger partial charge in [-0.25, -0.2) is 4.98 Å². The Morgan fingerprint density at radius 3 is 2.78 bits per heavy atom. The first-order valence-electron chi connectivity index (χ1n) is 9.59. The number of benzene rings is 2. The van der Waals surface area contributed by atoms with E-state index in [1.165, 1.54) is 17.0 Å². The topological polar surface area (TPSA) is 123 Å². The number of nitriles is 1. The van der Waals surface area contributed by atoms with Crippen LogP contribution in [-0.2, 0) is 6.42 Å². The van der Waals surface area contributed by atoms with E-state index < -0.39 is 4.92 Å². The number of hydrogen-bond acceptors (Lipinski definition) is 7. The summed E-state index contributed by atoms with van der Waals surface area (Å²) in [5, 5.41) is 25.0. The van der Waals surface area contributed by atoms with Gasteiger partial charge in [0, 0.05) is 27.0 Å². The smallest absolute Gasteiger partial charge is 0.312 e. The zero-order chi connectivity index (χ0) is 23.3. The van der Waals surface area contributed by atoms with Gasteiger partial charge in [0.2, 0.25) is 5.75 Å². The van der Waals surface area contributed by atoms with E-state index in [9.17, 15) is 14.9 Å². The lowest BCUT2D eigenvalue weighted by molar-refractivity contribution is -0.385. The summed E-state index contributed by atoms with van der Waals surface area (Å²) in [5.74, 6) is 0.370. The second-order valence-electron chi connectivity index (χ2n) is 6.70. The Kier molecular flexibility index (Phi) is 7.71. The number of halogens is 2. The van der Waals surface area contributed by atoms with Crippen molar-refractivity contribution in [2.24, 2.45) is 5.10 Å². The average molecular weight is 563 g/mol. The number of ether oxygens (including phenoxy) is 1. The predicted octanol–water partition coefficient (Wildman–Crippen LogP) is 4.96. The molecule has 2 aromatic carbocycles. The van der Waals surface area contributed by atoms with Crippen LogP contribution in [0.15, 0.2) is 49.2 Å². The van der Waals surface area contributed by atoms with E-state index in [-0.39, 0.29) is 29.2 Å². The monoisotopic (exact) mass is 561 g/mol. The van der Waals surface area contributed by atoms with Crippen molar-refractivity contribution >= 4 is 54.7 Å². The molecule has 1 heterocycles. The molecule has 11 heteroatoms. The van der Waals surface area contributed by atoms with E-state index in [0.29, 0.717) is 27.6 Å². The van der Waals surface area contributed by atoms with Gasteiger partial charge in [-0.3, -0.25) is 14.9 Å². The quantitative estimate of drug-likeness (QED) is 0.217. The molecule has 9 nitrogen and oxygen atoms in total. The number of rotatable bonds is 8. The molecule has 32 heavy (non-hydrogen) atoms. The lowest BCUT2D eigenvalue weighted by atomic mass is 10.2. The summed E-state index contributed by atoms with van der Waals surface area (Å²) in [5.41, 5.74) is 0.119. The first-order chi connectivity index (χ1) is 15.3. The van der Waals surface area contributed by atoms with Gasteiger partial charge in [-0.1, -0.05) is 45.2 Å². The molecule has 0 atom stereocenters. The summed E-state index contributed by atoms with van der Waals surface area (Å²) in [6, 6.07) is 9.87. The molecule has 3 rings (SSSR count). The Balaban J connectivity index is 2.19. The van der Waals surface area contributed by atoms with Crippen molar-refractivity contribution in [1.82, 2.24) is 9.66 Å². The Labute approximate surface area is 199 Å². The number of nitro groups is 1. The maximum Gasteiger partial charge on any atom is 0.312 e. The van der Waals surface area contributed by atoms with Gasteiger partial charge >= 0.3 is 5.69 Å². The molecule has 0 saturated heterocycles. The van der Waals surface area contributed by atoms with Crippen molar-refractivity contribution in [1.29, 1.82) is 5.26 Å². The van der Waals surface area contributed by atoms with Gasteiger partial charge in [-0.2, -0.15) is 15.0 Å². The predicted molar refractivity (Wildman–Crippen MR) is 127 cm³/mol. The third-order valence-corrected chi connectivity index (χ3v) is 5.43. The highest BCUT2D eigenvalue weighted by molar-refractivity contribution is 9.10. The van der Waals surface area contributed by atoms with E-state index in [1.54, 1.807) is 24.3 Å². The molecule has 0 aliphatic heterocycles. The molecular weight excluding hydrogens is 546 g/mol. The number of fused-ring (bicyclic) bond motifs is 1. The number of nitrogens with zero attached hydrogens (tertiary/aromatic N) is 5. The van der Waals surface area contributed by atoms with E-state index in [0.717, 1.165) is 17.3 Å². The molecule has 0 bridgehead atoms. The summed E-state index contributed by atoms with van der Waals surface area (Å²) in [4.78, 5) is 28.6. The maximum atomic E-state index is 13.2. The lowest BCUT2D eigenvalue weighted by Gasteiger charge is -2.10. The third-order valence-electron chi connectivity index (χ3n) is 4.48. The molecule has 0 amide bonds. The van der Waals surface area contributed by atoms with Gasteiger partial charge in [-0.15, -0.1) is 0 Å². The second kappa shape index (κ2) is 10.5. The van der Waals surface area contributed by atoms with Gasteiger partial charge in [0.1, 0.15) is 11.9 Å². The fraction of sp³-hybridized carbons (Fsp3) is 0.238. The van der Waals surface area contributed by atoms with E-state index >= 15 is 0 Å². The molecule has 0 aliphatic rings. The van der Waals surface area contributed by atoms with Crippen molar-refractivity contribution in [3.63, 3.8) is 0 Å². The van der Waals surface area contributed by atoms with Crippen LogP contribution >= 0.6 is 31.9 Å². The lowest BCUT2D eigenvalue weighted by Crippen LogP contribution is -2.22. The van der Waals surface area contributed by atoms with Crippen LogP contribution in [0.3, 0.4) is 0 Å². The average Bonchev–Trinajstić information content (AvgIpc) is 2.76. The number of hydrogen-bond donors (Lipinski definition) is 0. The van der Waals surface area contributed by atoms with Crippen LogP contribution < -0.4 is 10.3 Å². The summed E-state index contributed by atoms with van der Waals surface area (Å²) >= 11 is 6.60. The van der Waals surface area contributed by atoms with Crippen molar-refractivity contribution in [2.45, 2.75) is 26.2 Å². The number of nitro benzene ring substituents is 1. The van der Waals surface area contributed by atoms with Crippen LogP contribution in [0.4, 0.5) is 5.69 Å². The molecular formula is C21H17Br2N5O4. The summed E-state index contributed by atoms with van der Waals surface area (Å²) in [7, 11) is 0. The summed E-state index contributed by atoms with van der Waals surface area (Å²) in [6.07, 6.45) is 3.54. The van der Waals surface area contributed by atoms with Gasteiger partial charge in [-0.05, 0) is 30.7 Å². The molecule has 0 N–H and O–H groups in total. The fourth-order valence-electron chi connectivity index (χ4n) is 3.02. The van der Waals surface area contributed by atoms with Crippen LogP contribution in [0.2, 0.25) is 0 Å². The molecule has 0 aliphatic carbocycles. The molecule has 0 spiro atoms. The number of aromatic nitrogens is 2. The van der Waals surface area contributed by atoms with Crippen LogP contribution in [0, 0.1) is 21.4 Å². The van der Waals surface area contributed by atoms with Crippen LogP contribution in [-0.4, -0.2) is 27.4 Å². The molecule has 1 aromatic heterocycles. The summed E-state index contributed by atoms with van der Waals surface area (Å²) in [6.45, 7) is 1.65. The highest BCUT2D eigenvalue weighted by atomic mass is 79.9. The highest BCUT2D eigenvalue weighted by Gasteiger charge is 2.21. The van der Waals surface area contributed by atoms with Gasteiger partial charge < -0.3 is 4.74 Å². The zero-order valence-corrected chi connectivity index (χ0v) is 20.1. The molecule has 0 radical (unpaired) electrons. The van der Waals surface area contributed by atoms with Crippen molar-refractivity contribution in [3.05, 3.63) is 71.1 Å². The van der Waals surface area contributed by atoms with E-state index in [2.05, 4.69) is 41.9 Å².